The van der Waals surface area contributed by atoms with Crippen LogP contribution in [-0.4, -0.2) is 15.3 Å². The average molecular weight is 355 g/mol. The number of para-hydroxylation sites is 1. The summed E-state index contributed by atoms with van der Waals surface area (Å²) in [4.78, 5) is 19.5. The van der Waals surface area contributed by atoms with Gasteiger partial charge in [-0.3, -0.25) is 14.1 Å². The zero-order valence-corrected chi connectivity index (χ0v) is 15.7. The van der Waals surface area contributed by atoms with Crippen molar-refractivity contribution in [3.63, 3.8) is 0 Å². The predicted octanol–water partition coefficient (Wildman–Crippen LogP) is 5.30. The summed E-state index contributed by atoms with van der Waals surface area (Å²) in [6.45, 7) is 5.66. The number of amides is 1. The SMILES string of the molecule is CC(=O)N(c1c(C)cccc1C)c1c(-c2ccccc2)nc2ccccn12. The number of imidazole rings is 1. The van der Waals surface area contributed by atoms with Gasteiger partial charge in [-0.25, -0.2) is 4.98 Å². The van der Waals surface area contributed by atoms with Crippen LogP contribution in [0.5, 0.6) is 0 Å². The number of pyridine rings is 1. The van der Waals surface area contributed by atoms with Gasteiger partial charge in [0.1, 0.15) is 11.3 Å². The van der Waals surface area contributed by atoms with Gasteiger partial charge in [0.25, 0.3) is 0 Å². The topological polar surface area (TPSA) is 37.6 Å². The van der Waals surface area contributed by atoms with Crippen LogP contribution < -0.4 is 4.90 Å². The molecule has 1 amide bonds. The number of anilines is 2. The van der Waals surface area contributed by atoms with Crippen LogP contribution in [0.15, 0.2) is 72.9 Å². The van der Waals surface area contributed by atoms with Gasteiger partial charge in [-0.15, -0.1) is 0 Å². The van der Waals surface area contributed by atoms with Crippen LogP contribution in [0.25, 0.3) is 16.9 Å². The Labute approximate surface area is 158 Å². The number of nitrogens with zero attached hydrogens (tertiary/aromatic N) is 3. The molecule has 0 N–H and O–H groups in total. The van der Waals surface area contributed by atoms with Crippen molar-refractivity contribution in [2.45, 2.75) is 20.8 Å². The number of hydrogen-bond acceptors (Lipinski definition) is 2. The third kappa shape index (κ3) is 2.89. The van der Waals surface area contributed by atoms with Crippen LogP contribution in [-0.2, 0) is 4.79 Å². The van der Waals surface area contributed by atoms with E-state index in [4.69, 9.17) is 4.98 Å². The Kier molecular flexibility index (Phi) is 4.24. The van der Waals surface area contributed by atoms with Crippen molar-refractivity contribution in [3.05, 3.63) is 84.1 Å². The van der Waals surface area contributed by atoms with Crippen LogP contribution >= 0.6 is 0 Å². The molecule has 0 saturated heterocycles. The molecule has 0 spiro atoms. The molecule has 0 aliphatic heterocycles. The maximum Gasteiger partial charge on any atom is 0.229 e. The van der Waals surface area contributed by atoms with E-state index in [9.17, 15) is 4.79 Å². The summed E-state index contributed by atoms with van der Waals surface area (Å²) in [5, 5.41) is 0. The average Bonchev–Trinajstić information content (AvgIpc) is 3.04. The van der Waals surface area contributed by atoms with Crippen LogP contribution in [0.1, 0.15) is 18.1 Å². The molecule has 0 saturated carbocycles. The first kappa shape index (κ1) is 17.0. The highest BCUT2D eigenvalue weighted by Crippen LogP contribution is 2.38. The fourth-order valence-electron chi connectivity index (χ4n) is 3.56. The smallest absolute Gasteiger partial charge is 0.229 e. The molecule has 0 bridgehead atoms. The second kappa shape index (κ2) is 6.72. The minimum atomic E-state index is -0.0461. The normalized spacial score (nSPS) is 10.9. The third-order valence-corrected chi connectivity index (χ3v) is 4.74. The van der Waals surface area contributed by atoms with Gasteiger partial charge in [-0.1, -0.05) is 54.6 Å². The van der Waals surface area contributed by atoms with Crippen molar-refractivity contribution in [3.8, 4) is 11.3 Å². The number of carbonyl (C=O) groups excluding carboxylic acids is 1. The molecule has 4 rings (SSSR count). The Balaban J connectivity index is 2.08. The summed E-state index contributed by atoms with van der Waals surface area (Å²) in [5.41, 5.74) is 5.59. The summed E-state index contributed by atoms with van der Waals surface area (Å²) >= 11 is 0. The molecule has 2 heterocycles. The molecule has 0 radical (unpaired) electrons. The van der Waals surface area contributed by atoms with E-state index in [2.05, 4.69) is 0 Å². The fraction of sp³-hybridized carbons (Fsp3) is 0.130. The van der Waals surface area contributed by atoms with E-state index in [1.807, 2.05) is 91.2 Å². The molecule has 134 valence electrons. The number of aryl methyl sites for hydroxylation is 2. The van der Waals surface area contributed by atoms with Crippen molar-refractivity contribution in [1.29, 1.82) is 0 Å². The molecule has 4 nitrogen and oxygen atoms in total. The quantitative estimate of drug-likeness (QED) is 0.500. The highest BCUT2D eigenvalue weighted by atomic mass is 16.2. The molecule has 27 heavy (non-hydrogen) atoms. The largest absolute Gasteiger partial charge is 0.285 e. The molecule has 0 aliphatic carbocycles. The lowest BCUT2D eigenvalue weighted by Crippen LogP contribution is -2.26. The molecule has 0 unspecified atom stereocenters. The van der Waals surface area contributed by atoms with Crippen molar-refractivity contribution in [2.75, 3.05) is 4.90 Å². The first-order chi connectivity index (χ1) is 13.1. The number of rotatable bonds is 3. The minimum absolute atomic E-state index is 0.0461. The number of hydrogen-bond donors (Lipinski definition) is 0. The van der Waals surface area contributed by atoms with Gasteiger partial charge in [-0.2, -0.15) is 0 Å². The summed E-state index contributed by atoms with van der Waals surface area (Å²) < 4.78 is 1.98. The maximum atomic E-state index is 12.9. The Hall–Kier alpha value is -3.40. The zero-order valence-electron chi connectivity index (χ0n) is 15.7. The van der Waals surface area contributed by atoms with Gasteiger partial charge < -0.3 is 0 Å². The van der Waals surface area contributed by atoms with Crippen molar-refractivity contribution in [2.24, 2.45) is 0 Å². The molecule has 0 atom stereocenters. The van der Waals surface area contributed by atoms with E-state index in [0.717, 1.165) is 39.5 Å². The van der Waals surface area contributed by atoms with Crippen molar-refractivity contribution in [1.82, 2.24) is 9.38 Å². The molecular formula is C23H21N3O. The van der Waals surface area contributed by atoms with Crippen LogP contribution in [0, 0.1) is 13.8 Å². The van der Waals surface area contributed by atoms with Crippen molar-refractivity contribution >= 4 is 23.1 Å². The maximum absolute atomic E-state index is 12.9. The summed E-state index contributed by atoms with van der Waals surface area (Å²) in [5.74, 6) is 0.719. The lowest BCUT2D eigenvalue weighted by Gasteiger charge is -2.25. The van der Waals surface area contributed by atoms with E-state index >= 15 is 0 Å². The van der Waals surface area contributed by atoms with E-state index in [1.54, 1.807) is 11.8 Å². The summed E-state index contributed by atoms with van der Waals surface area (Å²) in [6.07, 6.45) is 1.95. The monoisotopic (exact) mass is 355 g/mol. The second-order valence-electron chi connectivity index (χ2n) is 6.67. The Morgan fingerprint density at radius 2 is 1.56 bits per heavy atom. The van der Waals surface area contributed by atoms with Gasteiger partial charge in [0.2, 0.25) is 5.91 Å². The fourth-order valence-corrected chi connectivity index (χ4v) is 3.56. The Bertz CT molecular complexity index is 1110. The van der Waals surface area contributed by atoms with Crippen LogP contribution in [0.2, 0.25) is 0 Å². The molecule has 0 fully saturated rings. The molecule has 4 heteroatoms. The Morgan fingerprint density at radius 1 is 0.889 bits per heavy atom. The van der Waals surface area contributed by atoms with Gasteiger partial charge in [0, 0.05) is 18.7 Å². The summed E-state index contributed by atoms with van der Waals surface area (Å²) in [6, 6.07) is 21.9. The van der Waals surface area contributed by atoms with Gasteiger partial charge in [-0.05, 0) is 37.1 Å². The highest BCUT2D eigenvalue weighted by molar-refractivity contribution is 6.03. The van der Waals surface area contributed by atoms with Gasteiger partial charge >= 0.3 is 0 Å². The van der Waals surface area contributed by atoms with Crippen LogP contribution in [0.3, 0.4) is 0 Å². The second-order valence-corrected chi connectivity index (χ2v) is 6.67. The first-order valence-electron chi connectivity index (χ1n) is 8.97. The standard InChI is InChI=1S/C23H21N3O/c1-16-10-9-11-17(2)22(16)26(18(3)27)23-21(19-12-5-4-6-13-19)24-20-14-7-8-15-25(20)23/h4-15H,1-3H3. The van der Waals surface area contributed by atoms with Gasteiger partial charge in [0.05, 0.1) is 5.69 Å². The number of fused-ring (bicyclic) bond motifs is 1. The molecule has 4 aromatic rings. The lowest BCUT2D eigenvalue weighted by molar-refractivity contribution is -0.115. The van der Waals surface area contributed by atoms with E-state index < -0.39 is 0 Å². The molecule has 2 aromatic carbocycles. The van der Waals surface area contributed by atoms with E-state index in [-0.39, 0.29) is 5.91 Å². The lowest BCUT2D eigenvalue weighted by atomic mass is 10.1. The van der Waals surface area contributed by atoms with E-state index in [1.165, 1.54) is 0 Å². The predicted molar refractivity (Wildman–Crippen MR) is 109 cm³/mol. The Morgan fingerprint density at radius 3 is 2.22 bits per heavy atom. The van der Waals surface area contributed by atoms with Crippen molar-refractivity contribution < 1.29 is 4.79 Å². The van der Waals surface area contributed by atoms with Gasteiger partial charge in [0.15, 0.2) is 5.82 Å². The third-order valence-electron chi connectivity index (χ3n) is 4.74. The summed E-state index contributed by atoms with van der Waals surface area (Å²) in [7, 11) is 0. The molecule has 2 aromatic heterocycles. The molecular weight excluding hydrogens is 334 g/mol. The van der Waals surface area contributed by atoms with Crippen LogP contribution in [0.4, 0.5) is 11.5 Å². The zero-order chi connectivity index (χ0) is 19.0. The highest BCUT2D eigenvalue weighted by Gasteiger charge is 2.26. The number of benzene rings is 2. The first-order valence-corrected chi connectivity index (χ1v) is 8.97. The minimum Gasteiger partial charge on any atom is -0.285 e. The molecule has 0 aliphatic rings. The number of carbonyl (C=O) groups is 1. The number of aromatic nitrogens is 2. The van der Waals surface area contributed by atoms with E-state index in [0.29, 0.717) is 0 Å².